The molecule has 0 aromatic heterocycles. The van der Waals surface area contributed by atoms with E-state index >= 15 is 0 Å². The summed E-state index contributed by atoms with van der Waals surface area (Å²) in [6.45, 7) is 1.93. The maximum Gasteiger partial charge on any atom is 0.338 e. The molecule has 2 aliphatic heterocycles. The average molecular weight is 545 g/mol. The van der Waals surface area contributed by atoms with Crippen LogP contribution in [0.5, 0.6) is 0 Å². The zero-order valence-electron chi connectivity index (χ0n) is 22.0. The SMILES string of the molecule is CCOC(=O)c1ccc(N2C(=O)c3ccc(C(=O)N4[C@H](C(=O)c5ccccc5)[C@@H]4c4ccccc4)cc3C2=O)cc1. The molecule has 4 aromatic carbocycles. The molecule has 8 nitrogen and oxygen atoms in total. The number of benzene rings is 4. The summed E-state index contributed by atoms with van der Waals surface area (Å²) in [6.07, 6.45) is 0. The molecule has 0 saturated carbocycles. The molecule has 0 bridgehead atoms. The highest BCUT2D eigenvalue weighted by Gasteiger charge is 2.56. The van der Waals surface area contributed by atoms with Crippen molar-refractivity contribution in [2.45, 2.75) is 19.0 Å². The molecule has 4 aromatic rings. The lowest BCUT2D eigenvalue weighted by molar-refractivity contribution is 0.0526. The number of hydrogen-bond donors (Lipinski definition) is 0. The van der Waals surface area contributed by atoms with Crippen LogP contribution in [0.25, 0.3) is 0 Å². The number of rotatable bonds is 7. The van der Waals surface area contributed by atoms with Crippen LogP contribution in [-0.4, -0.2) is 47.0 Å². The predicted octanol–water partition coefficient (Wildman–Crippen LogP) is 5.11. The minimum atomic E-state index is -0.688. The summed E-state index contributed by atoms with van der Waals surface area (Å²) in [5.74, 6) is -2.19. The number of fused-ring (bicyclic) bond motifs is 1. The van der Waals surface area contributed by atoms with E-state index in [0.717, 1.165) is 10.5 Å². The van der Waals surface area contributed by atoms with E-state index in [9.17, 15) is 24.0 Å². The fourth-order valence-corrected chi connectivity index (χ4v) is 5.24. The van der Waals surface area contributed by atoms with Crippen molar-refractivity contribution in [2.24, 2.45) is 0 Å². The Labute approximate surface area is 235 Å². The third kappa shape index (κ3) is 4.49. The van der Waals surface area contributed by atoms with Gasteiger partial charge in [-0.05, 0) is 55.0 Å². The standard InChI is InChI=1S/C33H24N2O6/c1-2-41-33(40)22-13-16-24(17-14-22)34-31(38)25-18-15-23(19-26(25)32(34)39)30(37)35-27(20-9-5-3-6-10-20)28(35)29(36)21-11-7-4-8-12-21/h3-19,27-28H,2H2,1H3/t27-,28-,35?/m0/s1. The second-order valence-electron chi connectivity index (χ2n) is 9.72. The Balaban J connectivity index is 1.28. The number of carbonyl (C=O) groups is 5. The number of anilines is 1. The normalized spacial score (nSPS) is 17.3. The summed E-state index contributed by atoms with van der Waals surface area (Å²) < 4.78 is 4.99. The van der Waals surface area contributed by atoms with Gasteiger partial charge in [-0.1, -0.05) is 60.7 Å². The first-order valence-corrected chi connectivity index (χ1v) is 13.2. The quantitative estimate of drug-likeness (QED) is 0.139. The highest BCUT2D eigenvalue weighted by Crippen LogP contribution is 2.46. The smallest absolute Gasteiger partial charge is 0.338 e. The van der Waals surface area contributed by atoms with Crippen LogP contribution in [0, 0.1) is 0 Å². The Morgan fingerprint density at radius 1 is 0.707 bits per heavy atom. The van der Waals surface area contributed by atoms with Gasteiger partial charge in [-0.2, -0.15) is 0 Å². The van der Waals surface area contributed by atoms with Crippen LogP contribution in [0.4, 0.5) is 5.69 Å². The molecule has 0 unspecified atom stereocenters. The van der Waals surface area contributed by atoms with Crippen molar-refractivity contribution in [1.82, 2.24) is 4.90 Å². The molecule has 2 atom stereocenters. The van der Waals surface area contributed by atoms with Crippen LogP contribution < -0.4 is 4.90 Å². The molecule has 2 heterocycles. The van der Waals surface area contributed by atoms with Crippen molar-refractivity contribution in [3.63, 3.8) is 0 Å². The summed E-state index contributed by atoms with van der Waals surface area (Å²) in [5, 5.41) is 0. The minimum Gasteiger partial charge on any atom is -0.462 e. The van der Waals surface area contributed by atoms with Gasteiger partial charge in [0, 0.05) is 11.1 Å². The number of amides is 3. The van der Waals surface area contributed by atoms with E-state index in [2.05, 4.69) is 0 Å². The van der Waals surface area contributed by atoms with Crippen LogP contribution in [0.3, 0.4) is 0 Å². The summed E-state index contributed by atoms with van der Waals surface area (Å²) in [6, 6.07) is 27.4. The molecule has 8 heteroatoms. The zero-order valence-corrected chi connectivity index (χ0v) is 22.0. The van der Waals surface area contributed by atoms with Gasteiger partial charge >= 0.3 is 5.97 Å². The van der Waals surface area contributed by atoms with E-state index in [1.807, 2.05) is 36.4 Å². The van der Waals surface area contributed by atoms with Gasteiger partial charge in [-0.3, -0.25) is 19.2 Å². The number of hydrogen-bond acceptors (Lipinski definition) is 6. The minimum absolute atomic E-state index is 0.0966. The zero-order chi connectivity index (χ0) is 28.7. The molecule has 3 amide bonds. The van der Waals surface area contributed by atoms with Crippen molar-refractivity contribution in [2.75, 3.05) is 11.5 Å². The van der Waals surface area contributed by atoms with Crippen LogP contribution in [-0.2, 0) is 4.74 Å². The maximum atomic E-state index is 13.8. The van der Waals surface area contributed by atoms with Gasteiger partial charge in [0.1, 0.15) is 6.04 Å². The highest BCUT2D eigenvalue weighted by molar-refractivity contribution is 6.34. The lowest BCUT2D eigenvalue weighted by atomic mass is 10.0. The molecule has 6 rings (SSSR count). The van der Waals surface area contributed by atoms with Crippen molar-refractivity contribution in [3.8, 4) is 0 Å². The van der Waals surface area contributed by atoms with Gasteiger partial charge in [0.15, 0.2) is 5.78 Å². The molecule has 0 spiro atoms. The molecule has 0 aliphatic carbocycles. The van der Waals surface area contributed by atoms with Crippen molar-refractivity contribution < 1.29 is 28.7 Å². The molecular weight excluding hydrogens is 520 g/mol. The van der Waals surface area contributed by atoms with Gasteiger partial charge in [0.25, 0.3) is 17.7 Å². The van der Waals surface area contributed by atoms with E-state index in [0.29, 0.717) is 16.8 Å². The lowest BCUT2D eigenvalue weighted by Gasteiger charge is -2.14. The molecule has 0 radical (unpaired) electrons. The van der Waals surface area contributed by atoms with Gasteiger partial charge in [0.05, 0.1) is 35.0 Å². The second-order valence-corrected chi connectivity index (χ2v) is 9.72. The number of imide groups is 1. The van der Waals surface area contributed by atoms with Crippen molar-refractivity contribution in [1.29, 1.82) is 0 Å². The topological polar surface area (TPSA) is 101 Å². The number of esters is 1. The molecule has 41 heavy (non-hydrogen) atoms. The van der Waals surface area contributed by atoms with Gasteiger partial charge in [0.2, 0.25) is 0 Å². The highest BCUT2D eigenvalue weighted by atomic mass is 16.5. The molecular formula is C33H24N2O6. The fourth-order valence-electron chi connectivity index (χ4n) is 5.24. The number of carbonyl (C=O) groups excluding carboxylic acids is 5. The maximum absolute atomic E-state index is 13.8. The monoisotopic (exact) mass is 544 g/mol. The van der Waals surface area contributed by atoms with Gasteiger partial charge < -0.3 is 9.64 Å². The summed E-state index contributed by atoms with van der Waals surface area (Å²) >= 11 is 0. The number of Topliss-reactive ketones (excluding diaryl/α,β-unsaturated/α-hetero) is 1. The van der Waals surface area contributed by atoms with E-state index in [1.54, 1.807) is 31.2 Å². The Morgan fingerprint density at radius 2 is 1.32 bits per heavy atom. The van der Waals surface area contributed by atoms with E-state index in [1.165, 1.54) is 47.4 Å². The Bertz CT molecular complexity index is 1700. The van der Waals surface area contributed by atoms with E-state index in [4.69, 9.17) is 4.74 Å². The molecule has 2 aliphatic rings. The first-order valence-electron chi connectivity index (χ1n) is 13.2. The van der Waals surface area contributed by atoms with Gasteiger partial charge in [-0.25, -0.2) is 9.69 Å². The number of nitrogens with zero attached hydrogens (tertiary/aromatic N) is 2. The Kier molecular flexibility index (Phi) is 6.51. The third-order valence-electron chi connectivity index (χ3n) is 7.28. The number of ketones is 1. The Morgan fingerprint density at radius 3 is 1.98 bits per heavy atom. The fraction of sp³-hybridized carbons (Fsp3) is 0.121. The Hall–Kier alpha value is -5.37. The van der Waals surface area contributed by atoms with Crippen molar-refractivity contribution >= 4 is 35.2 Å². The molecule has 1 saturated heterocycles. The second kappa shape index (κ2) is 10.3. The summed E-state index contributed by atoms with van der Waals surface area (Å²) in [4.78, 5) is 68.2. The van der Waals surface area contributed by atoms with Crippen LogP contribution in [0.15, 0.2) is 103 Å². The van der Waals surface area contributed by atoms with E-state index < -0.39 is 35.8 Å². The first-order chi connectivity index (χ1) is 19.9. The molecule has 0 N–H and O–H groups in total. The van der Waals surface area contributed by atoms with Gasteiger partial charge in [-0.15, -0.1) is 0 Å². The van der Waals surface area contributed by atoms with E-state index in [-0.39, 0.29) is 29.1 Å². The van der Waals surface area contributed by atoms with Crippen LogP contribution in [0.1, 0.15) is 70.3 Å². The summed E-state index contributed by atoms with van der Waals surface area (Å²) in [7, 11) is 0. The lowest BCUT2D eigenvalue weighted by Crippen LogP contribution is -2.29. The number of ether oxygens (including phenoxy) is 1. The summed E-state index contributed by atoms with van der Waals surface area (Å²) in [5.41, 5.74) is 2.40. The first kappa shape index (κ1) is 25.9. The third-order valence-corrected chi connectivity index (χ3v) is 7.28. The van der Waals surface area contributed by atoms with Crippen LogP contribution >= 0.6 is 0 Å². The molecule has 202 valence electrons. The van der Waals surface area contributed by atoms with Crippen molar-refractivity contribution in [3.05, 3.63) is 137 Å². The largest absolute Gasteiger partial charge is 0.462 e. The predicted molar refractivity (Wildman–Crippen MR) is 150 cm³/mol. The van der Waals surface area contributed by atoms with Crippen LogP contribution in [0.2, 0.25) is 0 Å². The average Bonchev–Trinajstić information content (AvgIpc) is 3.71. The molecule has 1 fully saturated rings.